The van der Waals surface area contributed by atoms with Gasteiger partial charge < -0.3 is 4.42 Å². The van der Waals surface area contributed by atoms with Gasteiger partial charge in [-0.3, -0.25) is 10.2 Å². The van der Waals surface area contributed by atoms with Gasteiger partial charge in [0.1, 0.15) is 16.6 Å². The fourth-order valence-corrected chi connectivity index (χ4v) is 3.95. The lowest BCUT2D eigenvalue weighted by Crippen LogP contribution is -2.35. The van der Waals surface area contributed by atoms with Gasteiger partial charge in [-0.15, -0.1) is 0 Å². The third-order valence-electron chi connectivity index (χ3n) is 4.26. The first-order valence-corrected chi connectivity index (χ1v) is 10.1. The molecule has 142 valence electrons. The van der Waals surface area contributed by atoms with Crippen molar-refractivity contribution in [3.05, 3.63) is 52.8 Å². The van der Waals surface area contributed by atoms with E-state index in [1.807, 2.05) is 12.1 Å². The summed E-state index contributed by atoms with van der Waals surface area (Å²) in [6.07, 6.45) is 4.41. The normalized spacial score (nSPS) is 17.8. The number of halogens is 1. The average molecular weight is 413 g/mol. The average Bonchev–Trinajstić information content (AvgIpc) is 3.30. The number of carbonyl (C=O) groups excluding carboxylic acids is 1. The predicted octanol–water partition coefficient (Wildman–Crippen LogP) is 5.41. The van der Waals surface area contributed by atoms with Crippen LogP contribution in [0.25, 0.3) is 17.4 Å². The highest BCUT2D eigenvalue weighted by Gasteiger charge is 2.35. The van der Waals surface area contributed by atoms with Crippen LogP contribution in [0.3, 0.4) is 0 Å². The first kappa shape index (κ1) is 18.7. The molecular formula is C20H17ClN4O2S. The Morgan fingerprint density at radius 1 is 1.32 bits per heavy atom. The van der Waals surface area contributed by atoms with Gasteiger partial charge in [-0.1, -0.05) is 37.1 Å². The lowest BCUT2D eigenvalue weighted by Gasteiger charge is -2.19. The number of rotatable bonds is 5. The van der Waals surface area contributed by atoms with Crippen molar-refractivity contribution in [2.45, 2.75) is 26.2 Å². The Labute approximate surface area is 171 Å². The maximum atomic E-state index is 12.4. The molecule has 2 aromatic rings. The van der Waals surface area contributed by atoms with Gasteiger partial charge in [0.25, 0.3) is 5.91 Å². The molecule has 0 bridgehead atoms. The Bertz CT molecular complexity index is 1050. The minimum Gasteiger partial charge on any atom is -0.457 e. The van der Waals surface area contributed by atoms with Crippen molar-refractivity contribution < 1.29 is 9.21 Å². The number of amidine groups is 2. The minimum atomic E-state index is -0.462. The van der Waals surface area contributed by atoms with E-state index in [1.54, 1.807) is 24.3 Å². The number of nitrogens with one attached hydrogen (secondary N) is 1. The smallest absolute Gasteiger partial charge is 0.283 e. The number of thioether (sulfide) groups is 1. The molecule has 1 aromatic carbocycles. The van der Waals surface area contributed by atoms with Crippen LogP contribution in [-0.4, -0.2) is 27.0 Å². The van der Waals surface area contributed by atoms with E-state index in [0.717, 1.165) is 29.9 Å². The molecule has 1 amide bonds. The zero-order valence-corrected chi connectivity index (χ0v) is 16.7. The van der Waals surface area contributed by atoms with Gasteiger partial charge in [-0.05, 0) is 54.9 Å². The molecule has 8 heteroatoms. The van der Waals surface area contributed by atoms with Gasteiger partial charge in [0.15, 0.2) is 5.84 Å². The Kier molecular flexibility index (Phi) is 5.19. The van der Waals surface area contributed by atoms with Crippen LogP contribution in [0.2, 0.25) is 5.02 Å². The number of nitrogens with zero attached hydrogens (tertiary/aromatic N) is 3. The zero-order chi connectivity index (χ0) is 19.7. The lowest BCUT2D eigenvalue weighted by molar-refractivity contribution is -0.114. The van der Waals surface area contributed by atoms with Crippen LogP contribution in [0, 0.1) is 5.41 Å². The fourth-order valence-electron chi connectivity index (χ4n) is 2.83. The fraction of sp³-hybridized carbons (Fsp3) is 0.200. The highest BCUT2D eigenvalue weighted by molar-refractivity contribution is 8.26. The van der Waals surface area contributed by atoms with Gasteiger partial charge in [-0.2, -0.15) is 15.1 Å². The number of furan rings is 1. The summed E-state index contributed by atoms with van der Waals surface area (Å²) in [5.74, 6) is 0.639. The number of hydrazone groups is 1. The van der Waals surface area contributed by atoms with Crippen LogP contribution in [0.15, 0.2) is 56.5 Å². The Morgan fingerprint density at radius 3 is 2.96 bits per heavy atom. The first-order chi connectivity index (χ1) is 13.5. The van der Waals surface area contributed by atoms with E-state index >= 15 is 0 Å². The molecule has 1 aromatic heterocycles. The molecule has 0 unspecified atom stereocenters. The number of aliphatic imine (C=N–C) groups is 1. The van der Waals surface area contributed by atoms with E-state index in [-0.39, 0.29) is 11.4 Å². The Morgan fingerprint density at radius 2 is 2.18 bits per heavy atom. The molecular weight excluding hydrogens is 396 g/mol. The van der Waals surface area contributed by atoms with E-state index < -0.39 is 5.91 Å². The van der Waals surface area contributed by atoms with E-state index in [9.17, 15) is 4.79 Å². The molecule has 28 heavy (non-hydrogen) atoms. The van der Waals surface area contributed by atoms with Crippen molar-refractivity contribution in [3.63, 3.8) is 0 Å². The van der Waals surface area contributed by atoms with Gasteiger partial charge in [-0.25, -0.2) is 0 Å². The summed E-state index contributed by atoms with van der Waals surface area (Å²) >= 11 is 7.38. The second kappa shape index (κ2) is 7.77. The largest absolute Gasteiger partial charge is 0.457 e. The maximum Gasteiger partial charge on any atom is 0.283 e. The molecule has 0 fully saturated rings. The van der Waals surface area contributed by atoms with Gasteiger partial charge in [0.05, 0.1) is 5.57 Å². The van der Waals surface area contributed by atoms with Crippen molar-refractivity contribution in [2.24, 2.45) is 10.1 Å². The van der Waals surface area contributed by atoms with Crippen LogP contribution in [0.4, 0.5) is 0 Å². The highest BCUT2D eigenvalue weighted by Crippen LogP contribution is 2.31. The molecule has 3 heterocycles. The molecule has 2 aliphatic heterocycles. The van der Waals surface area contributed by atoms with Crippen LogP contribution in [0.5, 0.6) is 0 Å². The summed E-state index contributed by atoms with van der Waals surface area (Å²) in [5.41, 5.74) is 0.987. The molecule has 0 atom stereocenters. The molecule has 2 aliphatic rings. The zero-order valence-electron chi connectivity index (χ0n) is 15.1. The SMILES string of the molecule is CCCCC1=NN2C(=N)C(=Cc3ccc(-c4cccc(Cl)c4)o3)C(=O)N=C2S1. The summed E-state index contributed by atoms with van der Waals surface area (Å²) in [6, 6.07) is 10.9. The molecule has 0 spiro atoms. The van der Waals surface area contributed by atoms with Crippen molar-refractivity contribution in [2.75, 3.05) is 0 Å². The highest BCUT2D eigenvalue weighted by atomic mass is 35.5. The summed E-state index contributed by atoms with van der Waals surface area (Å²) in [5, 5.41) is 16.2. The van der Waals surface area contributed by atoms with Crippen LogP contribution < -0.4 is 0 Å². The predicted molar refractivity (Wildman–Crippen MR) is 114 cm³/mol. The maximum absolute atomic E-state index is 12.4. The van der Waals surface area contributed by atoms with Crippen LogP contribution in [0.1, 0.15) is 31.9 Å². The van der Waals surface area contributed by atoms with E-state index in [0.29, 0.717) is 21.7 Å². The molecule has 0 radical (unpaired) electrons. The first-order valence-electron chi connectivity index (χ1n) is 8.90. The van der Waals surface area contributed by atoms with Crippen molar-refractivity contribution in [3.8, 4) is 11.3 Å². The number of unbranched alkanes of at least 4 members (excludes halogenated alkanes) is 1. The number of amides is 1. The van der Waals surface area contributed by atoms with Gasteiger partial charge in [0.2, 0.25) is 5.17 Å². The van der Waals surface area contributed by atoms with Crippen LogP contribution in [-0.2, 0) is 4.79 Å². The number of hydrogen-bond acceptors (Lipinski definition) is 5. The van der Waals surface area contributed by atoms with E-state index in [1.165, 1.54) is 22.8 Å². The Hall–Kier alpha value is -2.64. The molecule has 0 saturated heterocycles. The van der Waals surface area contributed by atoms with E-state index in [4.69, 9.17) is 21.4 Å². The molecule has 6 nitrogen and oxygen atoms in total. The summed E-state index contributed by atoms with van der Waals surface area (Å²) in [4.78, 5) is 16.5. The van der Waals surface area contributed by atoms with Crippen molar-refractivity contribution in [1.29, 1.82) is 5.41 Å². The summed E-state index contributed by atoms with van der Waals surface area (Å²) in [6.45, 7) is 2.11. The van der Waals surface area contributed by atoms with Crippen molar-refractivity contribution >= 4 is 51.4 Å². The van der Waals surface area contributed by atoms with Gasteiger partial charge in [0, 0.05) is 10.6 Å². The lowest BCUT2D eigenvalue weighted by atomic mass is 10.1. The topological polar surface area (TPSA) is 82.0 Å². The monoisotopic (exact) mass is 412 g/mol. The van der Waals surface area contributed by atoms with Crippen LogP contribution >= 0.6 is 23.4 Å². The number of carbonyl (C=O) groups is 1. The second-order valence-electron chi connectivity index (χ2n) is 6.33. The Balaban J connectivity index is 1.60. The quantitative estimate of drug-likeness (QED) is 0.665. The molecule has 1 N–H and O–H groups in total. The van der Waals surface area contributed by atoms with Crippen molar-refractivity contribution in [1.82, 2.24) is 5.01 Å². The van der Waals surface area contributed by atoms with E-state index in [2.05, 4.69) is 17.0 Å². The molecule has 0 aliphatic carbocycles. The minimum absolute atomic E-state index is 0.00899. The third-order valence-corrected chi connectivity index (χ3v) is 5.47. The number of hydrogen-bond donors (Lipinski definition) is 1. The third kappa shape index (κ3) is 3.68. The van der Waals surface area contributed by atoms with Gasteiger partial charge >= 0.3 is 0 Å². The summed E-state index contributed by atoms with van der Waals surface area (Å²) in [7, 11) is 0. The number of benzene rings is 1. The molecule has 0 saturated carbocycles. The standard InChI is InChI=1S/C20H17ClN4O2S/c1-2-3-7-17-24-25-18(22)15(19(26)23-20(25)28-17)11-14-8-9-16(27-14)12-5-4-6-13(21)10-12/h4-6,8-11,22H,2-3,7H2,1H3. The molecule has 4 rings (SSSR count). The second-order valence-corrected chi connectivity index (χ2v) is 7.81. The number of fused-ring (bicyclic) bond motifs is 1. The summed E-state index contributed by atoms with van der Waals surface area (Å²) < 4.78 is 5.82.